The van der Waals surface area contributed by atoms with Gasteiger partial charge in [-0.15, -0.1) is 0 Å². The summed E-state index contributed by atoms with van der Waals surface area (Å²) in [5, 5.41) is 9.22. The molecule has 1 aliphatic carbocycles. The maximum atomic E-state index is 16.1. The molecule has 2 aromatic carbocycles. The second kappa shape index (κ2) is 18.2. The van der Waals surface area contributed by atoms with E-state index in [1.807, 2.05) is 32.0 Å². The van der Waals surface area contributed by atoms with Crippen molar-refractivity contribution in [3.63, 3.8) is 0 Å². The highest BCUT2D eigenvalue weighted by molar-refractivity contribution is 6.33. The number of halogens is 2. The van der Waals surface area contributed by atoms with Crippen molar-refractivity contribution in [2.45, 2.75) is 102 Å². The Hall–Kier alpha value is -5.85. The van der Waals surface area contributed by atoms with E-state index in [2.05, 4.69) is 42.6 Å². The quantitative estimate of drug-likeness (QED) is 0.169. The SMILES string of the molecule is CNC(=O)COc1cc2cc(Nc3nc(N4CCC(OC5CC(N6CCN(c7ccc8c(c7F)CN([C@@H]7CCC(=O)NC7=O)C8=O)[C@@H](C)C6)C5)CC4)ncc3Cl)ccc2n(C(C)C)c1=O. The number of carbonyl (C=O) groups excluding carboxylic acids is 4. The molecule has 344 valence electrons. The number of rotatable bonds is 12. The van der Waals surface area contributed by atoms with Gasteiger partial charge in [0.05, 0.1) is 36.2 Å². The van der Waals surface area contributed by atoms with Crippen LogP contribution < -0.4 is 36.0 Å². The van der Waals surface area contributed by atoms with E-state index in [-0.39, 0.29) is 84.9 Å². The summed E-state index contributed by atoms with van der Waals surface area (Å²) < 4.78 is 30.0. The maximum Gasteiger partial charge on any atom is 0.293 e. The van der Waals surface area contributed by atoms with Crippen LogP contribution in [0.4, 0.5) is 27.5 Å². The molecule has 4 fully saturated rings. The summed E-state index contributed by atoms with van der Waals surface area (Å²) in [7, 11) is 1.51. The minimum absolute atomic E-state index is 0.00571. The number of fused-ring (bicyclic) bond motifs is 2. The number of imide groups is 1. The lowest BCUT2D eigenvalue weighted by Crippen LogP contribution is -2.59. The molecule has 4 aliphatic heterocycles. The Kier molecular flexibility index (Phi) is 12.4. The van der Waals surface area contributed by atoms with Gasteiger partial charge in [-0.25, -0.2) is 9.37 Å². The summed E-state index contributed by atoms with van der Waals surface area (Å²) in [6, 6.07) is 10.1. The molecule has 65 heavy (non-hydrogen) atoms. The monoisotopic (exact) mass is 912 g/mol. The van der Waals surface area contributed by atoms with Gasteiger partial charge < -0.3 is 39.4 Å². The third-order valence-corrected chi connectivity index (χ3v) is 13.7. The molecule has 4 amide bonds. The number of benzene rings is 2. The van der Waals surface area contributed by atoms with Crippen molar-refractivity contribution in [3.8, 4) is 5.75 Å². The lowest BCUT2D eigenvalue weighted by molar-refractivity contribution is -0.137. The van der Waals surface area contributed by atoms with Crippen LogP contribution >= 0.6 is 11.6 Å². The van der Waals surface area contributed by atoms with Crippen LogP contribution in [-0.4, -0.2) is 125 Å². The van der Waals surface area contributed by atoms with Crippen LogP contribution in [0.1, 0.15) is 81.3 Å². The first-order valence-corrected chi connectivity index (χ1v) is 22.8. The molecule has 6 heterocycles. The first-order chi connectivity index (χ1) is 31.3. The van der Waals surface area contributed by atoms with Crippen molar-refractivity contribution in [1.29, 1.82) is 0 Å². The average Bonchev–Trinajstić information content (AvgIpc) is 3.61. The summed E-state index contributed by atoms with van der Waals surface area (Å²) in [6.45, 7) is 9.33. The molecular weight excluding hydrogens is 859 g/mol. The molecule has 19 heteroatoms. The van der Waals surface area contributed by atoms with E-state index in [4.69, 9.17) is 26.1 Å². The number of hydrogen-bond donors (Lipinski definition) is 3. The van der Waals surface area contributed by atoms with Crippen LogP contribution in [0.2, 0.25) is 5.02 Å². The molecule has 17 nitrogen and oxygen atoms in total. The largest absolute Gasteiger partial charge is 0.478 e. The zero-order valence-corrected chi connectivity index (χ0v) is 37.7. The number of nitrogens with zero attached hydrogens (tertiary/aromatic N) is 7. The van der Waals surface area contributed by atoms with E-state index in [0.717, 1.165) is 62.8 Å². The number of nitrogens with one attached hydrogen (secondary N) is 3. The number of piperidine rings is 2. The number of hydrogen-bond acceptors (Lipinski definition) is 13. The van der Waals surface area contributed by atoms with Crippen molar-refractivity contribution in [2.75, 3.05) is 61.5 Å². The third kappa shape index (κ3) is 8.82. The van der Waals surface area contributed by atoms with Gasteiger partial charge in [-0.05, 0) is 89.3 Å². The highest BCUT2D eigenvalue weighted by Gasteiger charge is 2.43. The molecule has 2 atom stereocenters. The van der Waals surface area contributed by atoms with E-state index in [0.29, 0.717) is 46.3 Å². The van der Waals surface area contributed by atoms with Gasteiger partial charge in [0.2, 0.25) is 17.8 Å². The number of aromatic nitrogens is 3. The second-order valence-corrected chi connectivity index (χ2v) is 18.3. The number of anilines is 4. The number of piperazine rings is 1. The Morgan fingerprint density at radius 3 is 2.51 bits per heavy atom. The Morgan fingerprint density at radius 2 is 1.78 bits per heavy atom. The van der Waals surface area contributed by atoms with Crippen LogP contribution in [-0.2, 0) is 25.7 Å². The molecule has 1 saturated carbocycles. The molecule has 2 aromatic heterocycles. The van der Waals surface area contributed by atoms with Crippen LogP contribution in [0.3, 0.4) is 0 Å². The number of ether oxygens (including phenoxy) is 2. The molecule has 3 N–H and O–H groups in total. The topological polar surface area (TPSA) is 184 Å². The molecule has 0 bridgehead atoms. The smallest absolute Gasteiger partial charge is 0.293 e. The van der Waals surface area contributed by atoms with Gasteiger partial charge in [-0.3, -0.25) is 34.2 Å². The summed E-state index contributed by atoms with van der Waals surface area (Å²) in [5.41, 5.74) is 2.16. The fourth-order valence-corrected chi connectivity index (χ4v) is 10.0. The lowest BCUT2D eigenvalue weighted by atomic mass is 9.86. The number of pyridine rings is 1. The van der Waals surface area contributed by atoms with Crippen molar-refractivity contribution >= 4 is 69.3 Å². The zero-order valence-electron chi connectivity index (χ0n) is 36.9. The first-order valence-electron chi connectivity index (χ1n) is 22.5. The normalized spacial score (nSPS) is 22.9. The number of amides is 4. The number of carbonyl (C=O) groups is 4. The third-order valence-electron chi connectivity index (χ3n) is 13.4. The van der Waals surface area contributed by atoms with E-state index in [9.17, 15) is 24.0 Å². The minimum atomic E-state index is -0.788. The minimum Gasteiger partial charge on any atom is -0.478 e. The second-order valence-electron chi connectivity index (χ2n) is 17.9. The van der Waals surface area contributed by atoms with Crippen molar-refractivity contribution in [2.24, 2.45) is 0 Å². The lowest BCUT2D eigenvalue weighted by Gasteiger charge is -2.49. The molecule has 9 rings (SSSR count). The standard InChI is InChI=1S/C46H54ClFN10O7/c1-25(2)58-35-7-5-28(17-27(35)18-38(45(58)63)64-24-40(60)49-4)51-42-34(47)21-50-46(53-42)54-13-11-30(12-14-54)65-31-19-29(20-31)55-15-16-56(26(3)22-55)36-8-6-32-33(41(36)48)23-57(44(32)62)37-9-10-39(59)52-43(37)61/h5-8,17-18,21,25-26,29-31,37H,9-16,19-20,22-24H2,1-4H3,(H,49,60)(H,50,51,53)(H,52,59,61)/t26-,29?,31?,37+/m0/s1. The van der Waals surface area contributed by atoms with Gasteiger partial charge in [-0.1, -0.05) is 11.6 Å². The highest BCUT2D eigenvalue weighted by Crippen LogP contribution is 2.38. The van der Waals surface area contributed by atoms with Crippen LogP contribution in [0.25, 0.3) is 10.9 Å². The van der Waals surface area contributed by atoms with Gasteiger partial charge in [0.15, 0.2) is 24.0 Å². The summed E-state index contributed by atoms with van der Waals surface area (Å²) in [6.07, 6.45) is 5.85. The van der Waals surface area contributed by atoms with Crippen LogP contribution in [0.15, 0.2) is 47.4 Å². The van der Waals surface area contributed by atoms with Crippen LogP contribution in [0.5, 0.6) is 5.75 Å². The van der Waals surface area contributed by atoms with Crippen molar-refractivity contribution in [1.82, 2.24) is 35.0 Å². The fourth-order valence-electron chi connectivity index (χ4n) is 9.86. The molecule has 4 aromatic rings. The van der Waals surface area contributed by atoms with Gasteiger partial charge in [0.25, 0.3) is 17.4 Å². The number of likely N-dealkylation sites (N-methyl/N-ethyl adjacent to an activating group) is 1. The maximum absolute atomic E-state index is 16.1. The molecular formula is C46H54ClFN10O7. The molecule has 0 unspecified atom stereocenters. The molecule has 5 aliphatic rings. The zero-order chi connectivity index (χ0) is 45.7. The van der Waals surface area contributed by atoms with Gasteiger partial charge in [0, 0.05) is 86.5 Å². The van der Waals surface area contributed by atoms with Gasteiger partial charge >= 0.3 is 0 Å². The highest BCUT2D eigenvalue weighted by atomic mass is 35.5. The Labute approximate surface area is 380 Å². The van der Waals surface area contributed by atoms with Gasteiger partial charge in [0.1, 0.15) is 11.1 Å². The van der Waals surface area contributed by atoms with Crippen molar-refractivity contribution < 1.29 is 33.0 Å². The predicted octanol–water partition coefficient (Wildman–Crippen LogP) is 4.52. The summed E-state index contributed by atoms with van der Waals surface area (Å²) in [5.74, 6) is -0.913. The van der Waals surface area contributed by atoms with E-state index in [1.165, 1.54) is 11.9 Å². The Bertz CT molecular complexity index is 2600. The summed E-state index contributed by atoms with van der Waals surface area (Å²) >= 11 is 6.60. The molecule has 0 spiro atoms. The Morgan fingerprint density at radius 1 is 1.00 bits per heavy atom. The van der Waals surface area contributed by atoms with Crippen LogP contribution in [0, 0.1) is 5.82 Å². The first kappa shape index (κ1) is 44.4. The Balaban J connectivity index is 0.756. The van der Waals surface area contributed by atoms with E-state index in [1.54, 1.807) is 29.0 Å². The molecule has 3 saturated heterocycles. The van der Waals surface area contributed by atoms with Gasteiger partial charge in [-0.2, -0.15) is 4.98 Å². The summed E-state index contributed by atoms with van der Waals surface area (Å²) in [4.78, 5) is 79.9. The van der Waals surface area contributed by atoms with Crippen molar-refractivity contribution in [3.05, 3.63) is 74.9 Å². The fraction of sp³-hybridized carbons (Fsp3) is 0.500. The van der Waals surface area contributed by atoms with E-state index < -0.39 is 17.8 Å². The predicted molar refractivity (Wildman–Crippen MR) is 242 cm³/mol. The molecule has 0 radical (unpaired) electrons. The average molecular weight is 913 g/mol. The van der Waals surface area contributed by atoms with E-state index >= 15 is 4.39 Å².